The minimum absolute atomic E-state index is 0.631. The minimum atomic E-state index is -5.50. The van der Waals surface area contributed by atoms with Crippen LogP contribution in [0.4, 0.5) is 22.0 Å². The van der Waals surface area contributed by atoms with Crippen molar-refractivity contribution in [3.63, 3.8) is 0 Å². The van der Waals surface area contributed by atoms with Crippen LogP contribution in [0.25, 0.3) is 0 Å². The lowest BCUT2D eigenvalue weighted by Crippen LogP contribution is -2.14. The number of hydrogen-bond acceptors (Lipinski definition) is 2. The molecule has 0 aromatic carbocycles. The normalized spacial score (nSPS) is 13.8. The molecule has 0 N–H and O–H groups in total. The summed E-state index contributed by atoms with van der Waals surface area (Å²) in [6.45, 7) is 0. The van der Waals surface area contributed by atoms with E-state index >= 15 is 0 Å². The third kappa shape index (κ3) is 2.48. The summed E-state index contributed by atoms with van der Waals surface area (Å²) in [7, 11) is 0.631. The van der Waals surface area contributed by atoms with Crippen molar-refractivity contribution in [1.82, 2.24) is 0 Å². The quantitative estimate of drug-likeness (QED) is 0.358. The summed E-state index contributed by atoms with van der Waals surface area (Å²) in [5.41, 5.74) is 0. The van der Waals surface area contributed by atoms with E-state index in [0.717, 1.165) is 0 Å². The third-order valence-electron chi connectivity index (χ3n) is 0.806. The number of rotatable bonds is 1. The van der Waals surface area contributed by atoms with Crippen LogP contribution < -0.4 is 0 Å². The molecule has 0 bridgehead atoms. The maximum atomic E-state index is 12.0. The largest absolute Gasteiger partial charge is 0.464 e. The molecule has 2 nitrogen and oxygen atoms in total. The van der Waals surface area contributed by atoms with Crippen molar-refractivity contribution in [3.8, 4) is 0 Å². The van der Waals surface area contributed by atoms with Crippen LogP contribution in [-0.4, -0.2) is 19.3 Å². The van der Waals surface area contributed by atoms with Gasteiger partial charge in [0.1, 0.15) is 0 Å². The fourth-order valence-electron chi connectivity index (χ4n) is 0.304. The van der Waals surface area contributed by atoms with Gasteiger partial charge in [0, 0.05) is 0 Å². The van der Waals surface area contributed by atoms with E-state index in [4.69, 9.17) is 0 Å². The lowest BCUT2D eigenvalue weighted by molar-refractivity contribution is -0.141. The average molecular weight is 190 g/mol. The first-order valence-electron chi connectivity index (χ1n) is 2.51. The Morgan fingerprint density at radius 1 is 1.25 bits per heavy atom. The van der Waals surface area contributed by atoms with E-state index in [2.05, 4.69) is 4.74 Å². The molecule has 0 aliphatic carbocycles. The third-order valence-corrected chi connectivity index (χ3v) is 0.806. The first kappa shape index (κ1) is 10.9. The van der Waals surface area contributed by atoms with Crippen LogP contribution in [0, 0.1) is 0 Å². The molecule has 0 saturated heterocycles. The van der Waals surface area contributed by atoms with Crippen molar-refractivity contribution in [2.45, 2.75) is 6.18 Å². The summed E-state index contributed by atoms with van der Waals surface area (Å²) < 4.78 is 61.3. The molecule has 0 radical (unpaired) electrons. The van der Waals surface area contributed by atoms with Gasteiger partial charge in [0.15, 0.2) is 0 Å². The topological polar surface area (TPSA) is 26.3 Å². The van der Waals surface area contributed by atoms with E-state index < -0.39 is 23.8 Å². The molecule has 0 rings (SSSR count). The molecule has 0 spiro atoms. The number of carbonyl (C=O) groups is 1. The SMILES string of the molecule is COC(=O)/C(F)=C(\F)C(F)(F)F. The molecule has 0 heterocycles. The highest BCUT2D eigenvalue weighted by Gasteiger charge is 2.40. The number of esters is 1. The number of hydrogen-bond donors (Lipinski definition) is 0. The highest BCUT2D eigenvalue weighted by molar-refractivity contribution is 5.86. The number of methoxy groups -OCH3 is 1. The predicted octanol–water partition coefficient (Wildman–Crippen LogP) is 1.87. The zero-order valence-corrected chi connectivity index (χ0v) is 5.71. The second-order valence-electron chi connectivity index (χ2n) is 1.62. The zero-order valence-electron chi connectivity index (χ0n) is 5.71. The summed E-state index contributed by atoms with van der Waals surface area (Å²) in [6.07, 6.45) is -5.50. The highest BCUT2D eigenvalue weighted by Crippen LogP contribution is 2.29. The Bertz CT molecular complexity index is 216. The number of ether oxygens (including phenoxy) is 1. The van der Waals surface area contributed by atoms with Crippen molar-refractivity contribution >= 4 is 5.97 Å². The van der Waals surface area contributed by atoms with Gasteiger partial charge in [-0.15, -0.1) is 0 Å². The summed E-state index contributed by atoms with van der Waals surface area (Å²) in [4.78, 5) is 10.0. The van der Waals surface area contributed by atoms with Crippen LogP contribution in [0.1, 0.15) is 0 Å². The Kier molecular flexibility index (Phi) is 3.17. The molecule has 0 aromatic heterocycles. The number of carbonyl (C=O) groups excluding carboxylic acids is 1. The van der Waals surface area contributed by atoms with Gasteiger partial charge in [-0.2, -0.15) is 22.0 Å². The van der Waals surface area contributed by atoms with Gasteiger partial charge in [0.25, 0.3) is 0 Å². The second-order valence-corrected chi connectivity index (χ2v) is 1.62. The fraction of sp³-hybridized carbons (Fsp3) is 0.400. The van der Waals surface area contributed by atoms with Crippen molar-refractivity contribution < 1.29 is 31.5 Å². The molecule has 0 amide bonds. The molecule has 0 aliphatic heterocycles. The van der Waals surface area contributed by atoms with Crippen LogP contribution >= 0.6 is 0 Å². The van der Waals surface area contributed by atoms with E-state index in [-0.39, 0.29) is 0 Å². The first-order chi connectivity index (χ1) is 5.30. The molecule has 0 unspecified atom stereocenters. The molecule has 0 aromatic rings. The van der Waals surface area contributed by atoms with Crippen molar-refractivity contribution in [2.24, 2.45) is 0 Å². The predicted molar refractivity (Wildman–Crippen MR) is 27.3 cm³/mol. The molecule has 0 atom stereocenters. The second kappa shape index (κ2) is 3.51. The van der Waals surface area contributed by atoms with Gasteiger partial charge in [0.2, 0.25) is 11.7 Å². The number of halogens is 5. The number of allylic oxidation sites excluding steroid dienone is 1. The van der Waals surface area contributed by atoms with E-state index in [1.54, 1.807) is 0 Å². The molecular weight excluding hydrogens is 187 g/mol. The molecular formula is C5H3F5O2. The molecule has 0 saturated carbocycles. The van der Waals surface area contributed by atoms with Gasteiger partial charge in [-0.1, -0.05) is 0 Å². The van der Waals surface area contributed by atoms with E-state index in [9.17, 15) is 26.7 Å². The van der Waals surface area contributed by atoms with Crippen LogP contribution in [0.3, 0.4) is 0 Å². The van der Waals surface area contributed by atoms with E-state index in [1.165, 1.54) is 0 Å². The van der Waals surface area contributed by atoms with Crippen LogP contribution in [0.2, 0.25) is 0 Å². The Hall–Kier alpha value is -1.14. The molecule has 0 aliphatic rings. The van der Waals surface area contributed by atoms with Gasteiger partial charge in [0.05, 0.1) is 7.11 Å². The monoisotopic (exact) mass is 190 g/mol. The molecule has 70 valence electrons. The van der Waals surface area contributed by atoms with Crippen LogP contribution in [-0.2, 0) is 9.53 Å². The summed E-state index contributed by atoms with van der Waals surface area (Å²) >= 11 is 0. The summed E-state index contributed by atoms with van der Waals surface area (Å²) in [6, 6.07) is 0. The summed E-state index contributed by atoms with van der Waals surface area (Å²) in [5, 5.41) is 0. The van der Waals surface area contributed by atoms with Crippen molar-refractivity contribution in [1.29, 1.82) is 0 Å². The fourth-order valence-corrected chi connectivity index (χ4v) is 0.304. The Balaban J connectivity index is 4.82. The first-order valence-corrected chi connectivity index (χ1v) is 2.51. The molecule has 0 fully saturated rings. The van der Waals surface area contributed by atoms with Gasteiger partial charge < -0.3 is 4.74 Å². The molecule has 12 heavy (non-hydrogen) atoms. The Labute approximate surface area is 63.6 Å². The smallest absolute Gasteiger partial charge is 0.446 e. The zero-order chi connectivity index (χ0) is 9.94. The van der Waals surface area contributed by atoms with E-state index in [1.807, 2.05) is 0 Å². The Morgan fingerprint density at radius 3 is 1.92 bits per heavy atom. The Morgan fingerprint density at radius 2 is 1.67 bits per heavy atom. The number of alkyl halides is 3. The maximum absolute atomic E-state index is 12.0. The highest BCUT2D eigenvalue weighted by atomic mass is 19.4. The lowest BCUT2D eigenvalue weighted by Gasteiger charge is -2.02. The van der Waals surface area contributed by atoms with Gasteiger partial charge in [-0.05, 0) is 0 Å². The van der Waals surface area contributed by atoms with Crippen molar-refractivity contribution in [3.05, 3.63) is 11.7 Å². The van der Waals surface area contributed by atoms with Crippen molar-refractivity contribution in [2.75, 3.05) is 7.11 Å². The van der Waals surface area contributed by atoms with E-state index in [0.29, 0.717) is 7.11 Å². The summed E-state index contributed by atoms with van der Waals surface area (Å²) in [5.74, 6) is -7.66. The molecule has 7 heteroatoms. The van der Waals surface area contributed by atoms with Gasteiger partial charge >= 0.3 is 12.1 Å². The standard InChI is InChI=1S/C5H3F5O2/c1-12-4(11)2(6)3(7)5(8,9)10/h1H3/b3-2+. The lowest BCUT2D eigenvalue weighted by atomic mass is 10.4. The maximum Gasteiger partial charge on any atom is 0.446 e. The van der Waals surface area contributed by atoms with Crippen LogP contribution in [0.15, 0.2) is 11.7 Å². The van der Waals surface area contributed by atoms with Gasteiger partial charge in [-0.3, -0.25) is 0 Å². The minimum Gasteiger partial charge on any atom is -0.464 e. The average Bonchev–Trinajstić information content (AvgIpc) is 1.98. The van der Waals surface area contributed by atoms with Gasteiger partial charge in [-0.25, -0.2) is 4.79 Å². The van der Waals surface area contributed by atoms with Crippen LogP contribution in [0.5, 0.6) is 0 Å².